The number of fused-ring (bicyclic) bond motifs is 1. The summed E-state index contributed by atoms with van der Waals surface area (Å²) in [5, 5.41) is 13.6. The number of amides is 1. The molecule has 0 aromatic rings. The molecule has 0 aromatic heterocycles. The average Bonchev–Trinajstić information content (AvgIpc) is 3.04. The number of aliphatic hydroxyl groups is 1. The van der Waals surface area contributed by atoms with E-state index in [1.807, 2.05) is 13.8 Å². The van der Waals surface area contributed by atoms with Crippen molar-refractivity contribution in [3.8, 4) is 0 Å². The number of aliphatic hydroxyl groups excluding tert-OH is 1. The highest BCUT2D eigenvalue weighted by atomic mass is 32.2. The van der Waals surface area contributed by atoms with E-state index in [-0.39, 0.29) is 55.2 Å². The zero-order valence-electron chi connectivity index (χ0n) is 14.8. The Morgan fingerprint density at radius 1 is 1.28 bits per heavy atom. The van der Waals surface area contributed by atoms with Gasteiger partial charge < -0.3 is 24.8 Å². The molecule has 0 radical (unpaired) electrons. The van der Waals surface area contributed by atoms with Crippen molar-refractivity contribution >= 4 is 15.7 Å². The Kier molecular flexibility index (Phi) is 5.69. The van der Waals surface area contributed by atoms with Crippen LogP contribution in [0.25, 0.3) is 0 Å². The first-order chi connectivity index (χ1) is 11.7. The molecule has 0 unspecified atom stereocenters. The Morgan fingerprint density at radius 2 is 1.96 bits per heavy atom. The van der Waals surface area contributed by atoms with Gasteiger partial charge in [0.2, 0.25) is 5.91 Å². The van der Waals surface area contributed by atoms with Crippen molar-refractivity contribution in [1.29, 1.82) is 0 Å². The van der Waals surface area contributed by atoms with E-state index in [1.165, 1.54) is 0 Å². The summed E-state index contributed by atoms with van der Waals surface area (Å²) in [6, 6.07) is 0.316. The van der Waals surface area contributed by atoms with Crippen LogP contribution in [0.15, 0.2) is 0 Å². The molecule has 0 aromatic carbocycles. The van der Waals surface area contributed by atoms with Gasteiger partial charge in [-0.15, -0.1) is 0 Å². The Morgan fingerprint density at radius 3 is 2.56 bits per heavy atom. The molecule has 3 saturated heterocycles. The minimum atomic E-state index is -3.00. The van der Waals surface area contributed by atoms with E-state index < -0.39 is 22.0 Å². The van der Waals surface area contributed by atoms with Crippen LogP contribution in [-0.4, -0.2) is 92.0 Å². The van der Waals surface area contributed by atoms with Gasteiger partial charge in [-0.2, -0.15) is 0 Å². The lowest BCUT2D eigenvalue weighted by molar-refractivity contribution is -0.134. The second-order valence-corrected chi connectivity index (χ2v) is 9.77. The van der Waals surface area contributed by atoms with Crippen LogP contribution in [0, 0.1) is 0 Å². The highest BCUT2D eigenvalue weighted by Crippen LogP contribution is 2.35. The van der Waals surface area contributed by atoms with Crippen molar-refractivity contribution in [2.45, 2.75) is 63.3 Å². The second kappa shape index (κ2) is 7.48. The number of carbonyl (C=O) groups excluding carboxylic acids is 1. The Bertz CT molecular complexity index is 581. The molecule has 2 N–H and O–H groups in total. The number of rotatable bonds is 5. The minimum Gasteiger partial charge on any atom is -0.388 e. The molecule has 9 heteroatoms. The number of hydrogen-bond donors (Lipinski definition) is 2. The summed E-state index contributed by atoms with van der Waals surface area (Å²) in [4.78, 5) is 13.9. The van der Waals surface area contributed by atoms with Crippen LogP contribution >= 0.6 is 0 Å². The lowest BCUT2D eigenvalue weighted by Gasteiger charge is -2.28. The molecule has 5 atom stereocenters. The number of hydrogen-bond acceptors (Lipinski definition) is 7. The second-order valence-electron chi connectivity index (χ2n) is 7.46. The number of sulfone groups is 1. The maximum absolute atomic E-state index is 12.3. The van der Waals surface area contributed by atoms with E-state index in [9.17, 15) is 18.3 Å². The summed E-state index contributed by atoms with van der Waals surface area (Å²) in [5.41, 5.74) is 0. The molecule has 0 bridgehead atoms. The van der Waals surface area contributed by atoms with E-state index in [0.29, 0.717) is 19.0 Å². The minimum absolute atomic E-state index is 0.0296. The molecule has 3 fully saturated rings. The summed E-state index contributed by atoms with van der Waals surface area (Å²) >= 11 is 0. The lowest BCUT2D eigenvalue weighted by atomic mass is 10.1. The van der Waals surface area contributed by atoms with Gasteiger partial charge in [0.25, 0.3) is 0 Å². The molecule has 1 amide bonds. The smallest absolute Gasteiger partial charge is 0.225 e. The van der Waals surface area contributed by atoms with E-state index >= 15 is 0 Å². The van der Waals surface area contributed by atoms with Gasteiger partial charge in [-0.3, -0.25) is 4.79 Å². The van der Waals surface area contributed by atoms with Crippen LogP contribution in [0.2, 0.25) is 0 Å². The van der Waals surface area contributed by atoms with Crippen LogP contribution in [0.4, 0.5) is 0 Å². The van der Waals surface area contributed by atoms with Gasteiger partial charge in [-0.05, 0) is 0 Å². The average molecular weight is 376 g/mol. The molecule has 25 heavy (non-hydrogen) atoms. The van der Waals surface area contributed by atoms with Crippen molar-refractivity contribution in [2.75, 3.05) is 31.1 Å². The van der Waals surface area contributed by atoms with Crippen molar-refractivity contribution in [3.63, 3.8) is 0 Å². The van der Waals surface area contributed by atoms with E-state index in [0.717, 1.165) is 0 Å². The molecule has 3 aliphatic heterocycles. The summed E-state index contributed by atoms with van der Waals surface area (Å²) in [6.07, 6.45) is -1.06. The Balaban J connectivity index is 1.46. The number of nitrogens with zero attached hydrogens (tertiary/aromatic N) is 1. The van der Waals surface area contributed by atoms with Gasteiger partial charge in [-0.25, -0.2) is 8.42 Å². The molecule has 3 rings (SSSR count). The Labute approximate surface area is 148 Å². The SMILES string of the molecule is CC(C)NC[C@H]1O[C@@H]2C[C@H](CC(=O)N3CCS(=O)(=O)CC3)O[C@@H]2[C@@H]1O. The fraction of sp³-hybridized carbons (Fsp3) is 0.938. The van der Waals surface area contributed by atoms with Crippen LogP contribution in [-0.2, 0) is 24.1 Å². The van der Waals surface area contributed by atoms with Crippen molar-refractivity contribution in [2.24, 2.45) is 0 Å². The molecule has 144 valence electrons. The van der Waals surface area contributed by atoms with Crippen molar-refractivity contribution < 1.29 is 27.8 Å². The monoisotopic (exact) mass is 376 g/mol. The van der Waals surface area contributed by atoms with Crippen molar-refractivity contribution in [3.05, 3.63) is 0 Å². The first-order valence-corrected chi connectivity index (χ1v) is 10.8. The molecular weight excluding hydrogens is 348 g/mol. The molecule has 3 heterocycles. The molecule has 8 nitrogen and oxygen atoms in total. The number of nitrogens with one attached hydrogen (secondary N) is 1. The molecule has 0 aliphatic carbocycles. The quantitative estimate of drug-likeness (QED) is 0.629. The molecule has 0 saturated carbocycles. The van der Waals surface area contributed by atoms with Crippen LogP contribution < -0.4 is 5.32 Å². The molecule has 3 aliphatic rings. The highest BCUT2D eigenvalue weighted by molar-refractivity contribution is 7.91. The third-order valence-corrected chi connectivity index (χ3v) is 6.71. The first-order valence-electron chi connectivity index (χ1n) is 8.96. The zero-order valence-corrected chi connectivity index (χ0v) is 15.6. The van der Waals surface area contributed by atoms with Crippen LogP contribution in [0.5, 0.6) is 0 Å². The standard InChI is InChI=1S/C16H28N2O6S/c1-10(2)17-9-13-15(20)16-12(24-13)7-11(23-16)8-14(19)18-3-5-25(21,22)6-4-18/h10-13,15-17,20H,3-9H2,1-2H3/t11-,12-,13-,15-,16+/m1/s1. The predicted molar refractivity (Wildman–Crippen MR) is 90.9 cm³/mol. The summed E-state index contributed by atoms with van der Waals surface area (Å²) in [5.74, 6) is -0.0311. The lowest BCUT2D eigenvalue weighted by Crippen LogP contribution is -2.45. The Hall–Kier alpha value is -0.740. The normalized spacial score (nSPS) is 37.4. The maximum Gasteiger partial charge on any atom is 0.225 e. The van der Waals surface area contributed by atoms with Gasteiger partial charge in [-0.1, -0.05) is 13.8 Å². The van der Waals surface area contributed by atoms with Gasteiger partial charge in [0.15, 0.2) is 9.84 Å². The van der Waals surface area contributed by atoms with Gasteiger partial charge in [0.1, 0.15) is 12.2 Å². The summed E-state index contributed by atoms with van der Waals surface area (Å²) in [6.45, 7) is 5.14. The fourth-order valence-corrected chi connectivity index (χ4v) is 4.85. The zero-order chi connectivity index (χ0) is 18.2. The van der Waals surface area contributed by atoms with Gasteiger partial charge in [0, 0.05) is 32.1 Å². The van der Waals surface area contributed by atoms with Crippen molar-refractivity contribution in [1.82, 2.24) is 10.2 Å². The van der Waals surface area contributed by atoms with Crippen LogP contribution in [0.1, 0.15) is 26.7 Å². The van der Waals surface area contributed by atoms with Gasteiger partial charge >= 0.3 is 0 Å². The molecular formula is C16H28N2O6S. The topological polar surface area (TPSA) is 105 Å². The third-order valence-electron chi connectivity index (χ3n) is 5.11. The fourth-order valence-electron chi connectivity index (χ4n) is 3.65. The maximum atomic E-state index is 12.3. The largest absolute Gasteiger partial charge is 0.388 e. The third kappa shape index (κ3) is 4.51. The predicted octanol–water partition coefficient (Wildman–Crippen LogP) is -1.08. The highest BCUT2D eigenvalue weighted by Gasteiger charge is 2.50. The van der Waals surface area contributed by atoms with Crippen LogP contribution in [0.3, 0.4) is 0 Å². The van der Waals surface area contributed by atoms with E-state index in [4.69, 9.17) is 9.47 Å². The molecule has 0 spiro atoms. The summed E-state index contributed by atoms with van der Waals surface area (Å²) in [7, 11) is -3.00. The summed E-state index contributed by atoms with van der Waals surface area (Å²) < 4.78 is 34.7. The number of carbonyl (C=O) groups is 1. The van der Waals surface area contributed by atoms with E-state index in [1.54, 1.807) is 4.90 Å². The van der Waals surface area contributed by atoms with Gasteiger partial charge in [0.05, 0.1) is 36.2 Å². The number of ether oxygens (including phenoxy) is 2. The first kappa shape index (κ1) is 19.0. The van der Waals surface area contributed by atoms with E-state index in [2.05, 4.69) is 5.32 Å².